The van der Waals surface area contributed by atoms with Crippen LogP contribution in [0.25, 0.3) is 61.0 Å². The summed E-state index contributed by atoms with van der Waals surface area (Å²) >= 11 is 0. The minimum Gasteiger partial charge on any atom is -0.509 e. The van der Waals surface area contributed by atoms with Crippen molar-refractivity contribution < 1.29 is 32.7 Å². The summed E-state index contributed by atoms with van der Waals surface area (Å²) in [4.78, 5) is 9.43. The molecule has 1 aliphatic rings. The molecule has 0 fully saturated rings. The zero-order chi connectivity index (χ0) is 52.8. The Labute approximate surface area is 440 Å². The van der Waals surface area contributed by atoms with Crippen molar-refractivity contribution in [1.29, 1.82) is 0 Å². The number of aromatic nitrogens is 2. The molecule has 0 N–H and O–H groups in total. The van der Waals surface area contributed by atoms with Crippen LogP contribution in [0.4, 0.5) is 22.7 Å². The molecule has 8 aromatic carbocycles. The number of aryl methyl sites for hydroxylation is 3. The van der Waals surface area contributed by atoms with E-state index in [9.17, 15) is 0 Å². The summed E-state index contributed by atoms with van der Waals surface area (Å²) in [5, 5.41) is 1.95. The fourth-order valence-corrected chi connectivity index (χ4v) is 9.70. The normalized spacial score (nSPS) is 13.6. The molecule has 0 spiro atoms. The number of anilines is 4. The molecule has 2 aromatic heterocycles. The third-order valence-corrected chi connectivity index (χ3v) is 13.5. The van der Waals surface area contributed by atoms with Crippen LogP contribution in [0.1, 0.15) is 76.2 Å². The third kappa shape index (κ3) is 8.98. The average molecular weight is 1110 g/mol. The van der Waals surface area contributed by atoms with E-state index >= 15 is 0 Å². The molecule has 0 unspecified atom stereocenters. The molecular weight excluding hydrogens is 1050 g/mol. The maximum Gasteiger partial charge on any atom is 0.135 e. The van der Waals surface area contributed by atoms with Crippen LogP contribution in [0.3, 0.4) is 0 Å². The molecular formula is C65H57N4OPt-3. The van der Waals surface area contributed by atoms with Crippen LogP contribution >= 0.6 is 0 Å². The molecule has 356 valence electrons. The van der Waals surface area contributed by atoms with E-state index in [1.54, 1.807) is 6.20 Å². The van der Waals surface area contributed by atoms with Crippen molar-refractivity contribution in [2.45, 2.75) is 73.1 Å². The van der Waals surface area contributed by atoms with Crippen LogP contribution in [-0.4, -0.2) is 9.55 Å². The van der Waals surface area contributed by atoms with E-state index in [1.165, 1.54) is 27.8 Å². The van der Waals surface area contributed by atoms with Crippen LogP contribution < -0.4 is 14.5 Å². The molecule has 3 heterocycles. The number of hydrogen-bond donors (Lipinski definition) is 0. The Hall–Kier alpha value is -7.20. The molecule has 1 aliphatic heterocycles. The van der Waals surface area contributed by atoms with E-state index in [2.05, 4.69) is 198 Å². The molecule has 0 amide bonds. The minimum absolute atomic E-state index is 0. The first-order valence-corrected chi connectivity index (χ1v) is 23.9. The summed E-state index contributed by atoms with van der Waals surface area (Å²) in [7, 11) is 0. The fourth-order valence-electron chi connectivity index (χ4n) is 9.70. The Morgan fingerprint density at radius 1 is 0.563 bits per heavy atom. The van der Waals surface area contributed by atoms with Gasteiger partial charge in [0.1, 0.15) is 5.82 Å². The number of nitrogens with zero attached hydrogens (tertiary/aromatic N) is 4. The molecule has 6 heteroatoms. The minimum atomic E-state index is -0.435. The molecule has 0 saturated heterocycles. The first-order chi connectivity index (χ1) is 35.7. The van der Waals surface area contributed by atoms with Gasteiger partial charge in [-0.15, -0.1) is 48.1 Å². The van der Waals surface area contributed by atoms with Gasteiger partial charge in [0.15, 0.2) is 0 Å². The SMILES string of the molecule is [2H]c1c([2H])c([2H])c(-c2cnc(-n3c4[c-]c(Oc5[c-]c(N6[CH-]N(c7cc(C(C)(C)C)cc(C(C)(C)C)c7)c7ccc(-c8ccccc8)cc76)ccc5)ccc4c4cc(-c5c(C)cccc5C)ccc43)cc2C)c([2H])c1[2H].[Pt]. The number of benzene rings is 8. The van der Waals surface area contributed by atoms with Crippen LogP contribution in [0.15, 0.2) is 176 Å². The predicted molar refractivity (Wildman–Crippen MR) is 292 cm³/mol. The first kappa shape index (κ1) is 41.6. The molecule has 0 bridgehead atoms. The number of hydrogen-bond acceptors (Lipinski definition) is 4. The molecule has 10 aromatic rings. The van der Waals surface area contributed by atoms with Crippen molar-refractivity contribution in [3.8, 4) is 50.7 Å². The van der Waals surface area contributed by atoms with Gasteiger partial charge in [-0.3, -0.25) is 0 Å². The van der Waals surface area contributed by atoms with Crippen molar-refractivity contribution in [3.05, 3.63) is 223 Å². The Balaban J connectivity index is 0.00000657. The van der Waals surface area contributed by atoms with Crippen LogP contribution in [-0.2, 0) is 31.9 Å². The van der Waals surface area contributed by atoms with Gasteiger partial charge in [-0.1, -0.05) is 150 Å². The zero-order valence-corrected chi connectivity index (χ0v) is 43.7. The molecule has 0 saturated carbocycles. The van der Waals surface area contributed by atoms with Gasteiger partial charge in [0.05, 0.1) is 6.85 Å². The molecule has 5 nitrogen and oxygen atoms in total. The molecule has 71 heavy (non-hydrogen) atoms. The van der Waals surface area contributed by atoms with Crippen LogP contribution in [0.2, 0.25) is 0 Å². The van der Waals surface area contributed by atoms with Gasteiger partial charge >= 0.3 is 0 Å². The zero-order valence-electron chi connectivity index (χ0n) is 46.4. The maximum atomic E-state index is 8.71. The van der Waals surface area contributed by atoms with Gasteiger partial charge < -0.3 is 19.1 Å². The number of ether oxygens (including phenoxy) is 1. The van der Waals surface area contributed by atoms with Crippen molar-refractivity contribution >= 4 is 44.6 Å². The smallest absolute Gasteiger partial charge is 0.135 e. The fraction of sp³-hybridized carbons (Fsp3) is 0.169. The van der Waals surface area contributed by atoms with Gasteiger partial charge in [0.25, 0.3) is 0 Å². The van der Waals surface area contributed by atoms with E-state index in [0.29, 0.717) is 28.4 Å². The van der Waals surface area contributed by atoms with Crippen molar-refractivity contribution in [1.82, 2.24) is 9.55 Å². The second-order valence-electron chi connectivity index (χ2n) is 20.5. The largest absolute Gasteiger partial charge is 0.509 e. The molecule has 0 aliphatic carbocycles. The Morgan fingerprint density at radius 2 is 1.25 bits per heavy atom. The average Bonchev–Trinajstić information content (AvgIpc) is 3.96. The van der Waals surface area contributed by atoms with Gasteiger partial charge in [0, 0.05) is 66.9 Å². The maximum absolute atomic E-state index is 8.71. The van der Waals surface area contributed by atoms with E-state index in [4.69, 9.17) is 16.6 Å². The number of fused-ring (bicyclic) bond motifs is 4. The van der Waals surface area contributed by atoms with E-state index in [0.717, 1.165) is 61.2 Å². The summed E-state index contributed by atoms with van der Waals surface area (Å²) < 4.78 is 51.1. The predicted octanol–water partition coefficient (Wildman–Crippen LogP) is 17.5. The van der Waals surface area contributed by atoms with Crippen molar-refractivity contribution in [2.75, 3.05) is 9.80 Å². The molecule has 0 radical (unpaired) electrons. The first-order valence-electron chi connectivity index (χ1n) is 26.4. The summed E-state index contributed by atoms with van der Waals surface area (Å²) in [6, 6.07) is 54.3. The second-order valence-corrected chi connectivity index (χ2v) is 20.5. The van der Waals surface area contributed by atoms with Crippen LogP contribution in [0, 0.1) is 39.6 Å². The van der Waals surface area contributed by atoms with Gasteiger partial charge in [-0.05, 0) is 129 Å². The van der Waals surface area contributed by atoms with Gasteiger partial charge in [0.2, 0.25) is 0 Å². The number of rotatable bonds is 8. The second kappa shape index (κ2) is 18.5. The monoisotopic (exact) mass is 1110 g/mol. The summed E-state index contributed by atoms with van der Waals surface area (Å²) in [6.07, 6.45) is 1.60. The Morgan fingerprint density at radius 3 is 1.96 bits per heavy atom. The summed E-state index contributed by atoms with van der Waals surface area (Å²) in [5.41, 5.74) is 16.2. The van der Waals surface area contributed by atoms with Crippen molar-refractivity contribution in [2.24, 2.45) is 0 Å². The molecule has 0 atom stereocenters. The summed E-state index contributed by atoms with van der Waals surface area (Å²) in [5.74, 6) is 1.57. The molecule has 11 rings (SSSR count). The van der Waals surface area contributed by atoms with E-state index in [1.807, 2.05) is 37.3 Å². The Kier molecular flexibility index (Phi) is 10.8. The Bertz CT molecular complexity index is 3850. The van der Waals surface area contributed by atoms with Gasteiger partial charge in [-0.2, -0.15) is 12.1 Å². The number of pyridine rings is 1. The third-order valence-electron chi connectivity index (χ3n) is 13.5. The topological polar surface area (TPSA) is 33.5 Å². The quantitative estimate of drug-likeness (QED) is 0.142. The van der Waals surface area contributed by atoms with Crippen LogP contribution in [0.5, 0.6) is 11.5 Å². The van der Waals surface area contributed by atoms with Crippen molar-refractivity contribution in [3.63, 3.8) is 0 Å². The standard InChI is InChI=1S/C65H57N4O.Pt/c1-42-18-16-19-43(2)63(42)48-27-30-58-56(33-48)55-29-28-54(39-60(55)69(58)62-32-44(3)57(40-66-62)46-22-14-11-15-23-46)70-53-25-17-24-51(38-53)67-41-68(52-36-49(64(4,5)6)35-50(37-52)65(7,8)9)59-31-26-47(34-61(59)67)45-20-12-10-13-21-45;/h10-37,40-41H,1-9H3;/q-3;/i11D,14D,15D,22D,23D;. The van der Waals surface area contributed by atoms with Gasteiger partial charge in [-0.25, -0.2) is 4.98 Å². The summed E-state index contributed by atoms with van der Waals surface area (Å²) in [6.45, 7) is 21.9. The van der Waals surface area contributed by atoms with E-state index in [-0.39, 0.29) is 61.6 Å². The van der Waals surface area contributed by atoms with E-state index < -0.39 is 6.04 Å².